The van der Waals surface area contributed by atoms with Crippen molar-refractivity contribution in [2.24, 2.45) is 0 Å². The number of carbonyl (C=O) groups is 1. The summed E-state index contributed by atoms with van der Waals surface area (Å²) < 4.78 is 5.77. The Morgan fingerprint density at radius 1 is 1.27 bits per heavy atom. The normalized spacial score (nSPS) is 13.5. The summed E-state index contributed by atoms with van der Waals surface area (Å²) >= 11 is 7.87. The van der Waals surface area contributed by atoms with Crippen LogP contribution in [0.1, 0.15) is 11.5 Å². The Hall–Kier alpha value is -2.24. The Morgan fingerprint density at radius 3 is 2.88 bits per heavy atom. The number of amides is 1. The van der Waals surface area contributed by atoms with Gasteiger partial charge in [0.1, 0.15) is 5.76 Å². The highest BCUT2D eigenvalue weighted by atomic mass is 35.5. The number of aromatic nitrogens is 1. The van der Waals surface area contributed by atoms with Crippen LogP contribution in [-0.4, -0.2) is 23.2 Å². The summed E-state index contributed by atoms with van der Waals surface area (Å²) in [7, 11) is 0. The van der Waals surface area contributed by atoms with Crippen molar-refractivity contribution in [3.8, 4) is 11.5 Å². The predicted molar refractivity (Wildman–Crippen MR) is 105 cm³/mol. The fourth-order valence-corrected chi connectivity index (χ4v) is 4.13. The zero-order valence-corrected chi connectivity index (χ0v) is 15.8. The lowest BCUT2D eigenvalue weighted by Gasteiger charge is -2.29. The third-order valence-corrected chi connectivity index (χ3v) is 5.60. The molecule has 2 heterocycles. The average Bonchev–Trinajstić information content (AvgIpc) is 3.02. The monoisotopic (exact) mass is 384 g/mol. The summed E-state index contributed by atoms with van der Waals surface area (Å²) in [4.78, 5) is 20.4. The Morgan fingerprint density at radius 2 is 2.08 bits per heavy atom. The first-order valence-electron chi connectivity index (χ1n) is 8.36. The van der Waals surface area contributed by atoms with E-state index in [0.717, 1.165) is 21.9 Å². The van der Waals surface area contributed by atoms with Gasteiger partial charge in [-0.15, -0.1) is 11.8 Å². The SMILES string of the molecule is Cc1oc(-c2ccccc2)nc1CC(=O)N1CCSc2ccc(Cl)cc21. The molecule has 3 aromatic rings. The van der Waals surface area contributed by atoms with Gasteiger partial charge in [-0.3, -0.25) is 4.79 Å². The molecule has 0 radical (unpaired) electrons. The van der Waals surface area contributed by atoms with Crippen LogP contribution in [0.15, 0.2) is 57.8 Å². The first-order valence-corrected chi connectivity index (χ1v) is 9.72. The molecule has 26 heavy (non-hydrogen) atoms. The van der Waals surface area contributed by atoms with E-state index in [0.29, 0.717) is 28.9 Å². The van der Waals surface area contributed by atoms with Crippen molar-refractivity contribution in [2.45, 2.75) is 18.2 Å². The molecular weight excluding hydrogens is 368 g/mol. The predicted octanol–water partition coefficient (Wildman–Crippen LogP) is 4.98. The number of oxazole rings is 1. The van der Waals surface area contributed by atoms with Crippen molar-refractivity contribution in [1.29, 1.82) is 0 Å². The molecule has 0 bridgehead atoms. The summed E-state index contributed by atoms with van der Waals surface area (Å²) in [5.74, 6) is 2.09. The fourth-order valence-electron chi connectivity index (χ4n) is 2.98. The second kappa shape index (κ2) is 7.17. The van der Waals surface area contributed by atoms with Crippen molar-refractivity contribution in [1.82, 2.24) is 4.98 Å². The number of aryl methyl sites for hydroxylation is 1. The van der Waals surface area contributed by atoms with Crippen LogP contribution in [0.25, 0.3) is 11.5 Å². The van der Waals surface area contributed by atoms with E-state index >= 15 is 0 Å². The van der Waals surface area contributed by atoms with Gasteiger partial charge >= 0.3 is 0 Å². The quantitative estimate of drug-likeness (QED) is 0.638. The van der Waals surface area contributed by atoms with Gasteiger partial charge in [0.05, 0.1) is 17.8 Å². The minimum Gasteiger partial charge on any atom is -0.441 e. The minimum absolute atomic E-state index is 0.00447. The number of hydrogen-bond acceptors (Lipinski definition) is 4. The van der Waals surface area contributed by atoms with Gasteiger partial charge < -0.3 is 9.32 Å². The number of nitrogens with zero attached hydrogens (tertiary/aromatic N) is 2. The lowest BCUT2D eigenvalue weighted by Crippen LogP contribution is -2.36. The van der Waals surface area contributed by atoms with Crippen LogP contribution >= 0.6 is 23.4 Å². The first kappa shape index (κ1) is 17.2. The highest BCUT2D eigenvalue weighted by Gasteiger charge is 2.25. The van der Waals surface area contributed by atoms with Crippen molar-refractivity contribution in [3.05, 3.63) is 65.0 Å². The van der Waals surface area contributed by atoms with E-state index in [2.05, 4.69) is 4.98 Å². The van der Waals surface area contributed by atoms with Crippen molar-refractivity contribution >= 4 is 35.0 Å². The second-order valence-electron chi connectivity index (χ2n) is 6.07. The molecule has 4 nitrogen and oxygen atoms in total. The molecule has 0 saturated heterocycles. The van der Waals surface area contributed by atoms with Crippen LogP contribution in [0, 0.1) is 6.92 Å². The zero-order valence-electron chi connectivity index (χ0n) is 14.2. The molecule has 1 aromatic heterocycles. The standard InChI is InChI=1S/C20H17ClN2O2S/c1-13-16(22-20(25-13)14-5-3-2-4-6-14)12-19(24)23-9-10-26-18-8-7-15(21)11-17(18)23/h2-8,11H,9-10,12H2,1H3. The zero-order chi connectivity index (χ0) is 18.1. The molecule has 4 rings (SSSR count). The molecule has 1 aliphatic heterocycles. The number of rotatable bonds is 3. The average molecular weight is 385 g/mol. The molecule has 132 valence electrons. The van der Waals surface area contributed by atoms with Gasteiger partial charge in [-0.1, -0.05) is 29.8 Å². The molecule has 0 spiro atoms. The van der Waals surface area contributed by atoms with Gasteiger partial charge in [0.15, 0.2) is 0 Å². The molecule has 0 atom stereocenters. The molecule has 2 aromatic carbocycles. The highest BCUT2D eigenvalue weighted by molar-refractivity contribution is 7.99. The number of carbonyl (C=O) groups excluding carboxylic acids is 1. The van der Waals surface area contributed by atoms with Crippen LogP contribution in [0.2, 0.25) is 5.02 Å². The lowest BCUT2D eigenvalue weighted by molar-refractivity contribution is -0.118. The second-order valence-corrected chi connectivity index (χ2v) is 7.64. The van der Waals surface area contributed by atoms with Gasteiger partial charge in [-0.25, -0.2) is 4.98 Å². The lowest BCUT2D eigenvalue weighted by atomic mass is 10.2. The molecule has 0 N–H and O–H groups in total. The molecule has 1 aliphatic rings. The van der Waals surface area contributed by atoms with Crippen LogP contribution in [0.5, 0.6) is 0 Å². The van der Waals surface area contributed by atoms with E-state index in [4.69, 9.17) is 16.0 Å². The molecule has 0 saturated carbocycles. The molecule has 1 amide bonds. The van der Waals surface area contributed by atoms with Crippen LogP contribution in [0.3, 0.4) is 0 Å². The van der Waals surface area contributed by atoms with Gasteiger partial charge in [-0.2, -0.15) is 0 Å². The summed E-state index contributed by atoms with van der Waals surface area (Å²) in [6.07, 6.45) is 0.207. The van der Waals surface area contributed by atoms with Gasteiger partial charge in [0.25, 0.3) is 0 Å². The summed E-state index contributed by atoms with van der Waals surface area (Å²) in [5, 5.41) is 0.632. The summed E-state index contributed by atoms with van der Waals surface area (Å²) in [6.45, 7) is 2.51. The van der Waals surface area contributed by atoms with E-state index in [-0.39, 0.29) is 12.3 Å². The maximum absolute atomic E-state index is 12.9. The van der Waals surface area contributed by atoms with E-state index in [1.54, 1.807) is 16.7 Å². The Labute approximate surface area is 161 Å². The number of benzene rings is 2. The van der Waals surface area contributed by atoms with Crippen LogP contribution < -0.4 is 4.90 Å². The van der Waals surface area contributed by atoms with Crippen LogP contribution in [-0.2, 0) is 11.2 Å². The first-order chi connectivity index (χ1) is 12.6. The van der Waals surface area contributed by atoms with E-state index in [1.807, 2.05) is 55.5 Å². The summed E-state index contributed by atoms with van der Waals surface area (Å²) in [5.41, 5.74) is 2.46. The molecule has 0 unspecified atom stereocenters. The van der Waals surface area contributed by atoms with E-state index < -0.39 is 0 Å². The minimum atomic E-state index is 0.00447. The number of halogens is 1. The third kappa shape index (κ3) is 3.37. The number of fused-ring (bicyclic) bond motifs is 1. The fraction of sp³-hybridized carbons (Fsp3) is 0.200. The van der Waals surface area contributed by atoms with E-state index in [9.17, 15) is 4.79 Å². The van der Waals surface area contributed by atoms with Crippen LogP contribution in [0.4, 0.5) is 5.69 Å². The Bertz CT molecular complexity index is 956. The Balaban J connectivity index is 1.58. The molecule has 6 heteroatoms. The number of hydrogen-bond donors (Lipinski definition) is 0. The van der Waals surface area contributed by atoms with Gasteiger partial charge in [0, 0.05) is 27.8 Å². The maximum Gasteiger partial charge on any atom is 0.233 e. The molecule has 0 fully saturated rings. The smallest absolute Gasteiger partial charge is 0.233 e. The number of thioether (sulfide) groups is 1. The van der Waals surface area contributed by atoms with Crippen molar-refractivity contribution in [2.75, 3.05) is 17.2 Å². The van der Waals surface area contributed by atoms with Crippen molar-refractivity contribution in [3.63, 3.8) is 0 Å². The molecular formula is C20H17ClN2O2S. The van der Waals surface area contributed by atoms with E-state index in [1.165, 1.54) is 0 Å². The highest BCUT2D eigenvalue weighted by Crippen LogP contribution is 2.37. The van der Waals surface area contributed by atoms with Crippen molar-refractivity contribution < 1.29 is 9.21 Å². The Kier molecular flexibility index (Phi) is 4.74. The number of anilines is 1. The molecule has 0 aliphatic carbocycles. The topological polar surface area (TPSA) is 46.3 Å². The van der Waals surface area contributed by atoms with Gasteiger partial charge in [0.2, 0.25) is 11.8 Å². The third-order valence-electron chi connectivity index (χ3n) is 4.32. The maximum atomic E-state index is 12.9. The van der Waals surface area contributed by atoms with Gasteiger partial charge in [-0.05, 0) is 37.3 Å². The largest absolute Gasteiger partial charge is 0.441 e. The summed E-state index contributed by atoms with van der Waals surface area (Å²) in [6, 6.07) is 15.4.